The highest BCUT2D eigenvalue weighted by Crippen LogP contribution is 2.42. The summed E-state index contributed by atoms with van der Waals surface area (Å²) in [5, 5.41) is 15.3. The van der Waals surface area contributed by atoms with Gasteiger partial charge in [0, 0.05) is 31.0 Å². The molecule has 0 saturated carbocycles. The van der Waals surface area contributed by atoms with Crippen LogP contribution in [0.4, 0.5) is 4.79 Å². The van der Waals surface area contributed by atoms with Crippen molar-refractivity contribution in [3.63, 3.8) is 0 Å². The van der Waals surface area contributed by atoms with Crippen LogP contribution in [0.25, 0.3) is 11.1 Å². The first-order chi connectivity index (χ1) is 27.4. The van der Waals surface area contributed by atoms with Gasteiger partial charge in [-0.2, -0.15) is 0 Å². The van der Waals surface area contributed by atoms with Crippen molar-refractivity contribution in [2.75, 3.05) is 20.2 Å². The lowest BCUT2D eigenvalue weighted by Crippen LogP contribution is -2.48. The van der Waals surface area contributed by atoms with Gasteiger partial charge in [-0.15, -0.1) is 0 Å². The van der Waals surface area contributed by atoms with Crippen LogP contribution in [0.2, 0.25) is 0 Å². The van der Waals surface area contributed by atoms with E-state index in [2.05, 4.69) is 22.5 Å². The third-order valence-corrected chi connectivity index (χ3v) is 10.6. The number of carbonyl (C=O) groups excluding carboxylic acids is 3. The van der Waals surface area contributed by atoms with Crippen molar-refractivity contribution >= 4 is 18.0 Å². The molecule has 0 spiro atoms. The molecule has 2 amide bonds. The van der Waals surface area contributed by atoms with Gasteiger partial charge in [0.2, 0.25) is 0 Å². The summed E-state index contributed by atoms with van der Waals surface area (Å²) in [6.45, 7) is 9.37. The Bertz CT molecular complexity index is 1950. The average molecular weight is 778 g/mol. The number of rotatable bonds is 13. The van der Waals surface area contributed by atoms with Gasteiger partial charge in [0.05, 0.1) is 25.9 Å². The van der Waals surface area contributed by atoms with Crippen molar-refractivity contribution in [2.24, 2.45) is 5.92 Å². The molecule has 302 valence electrons. The Balaban J connectivity index is 1.14. The van der Waals surface area contributed by atoms with Gasteiger partial charge >= 0.3 is 18.0 Å². The Kier molecular flexibility index (Phi) is 13.8. The molecule has 6 rings (SSSR count). The summed E-state index contributed by atoms with van der Waals surface area (Å²) in [5.41, 5.74) is 5.87. The quantitative estimate of drug-likeness (QED) is 0.122. The second kappa shape index (κ2) is 18.9. The third-order valence-electron chi connectivity index (χ3n) is 10.6. The number of amides is 2. The largest absolute Gasteiger partial charge is 0.467 e. The first kappa shape index (κ1) is 41.6. The Morgan fingerprint density at radius 1 is 0.860 bits per heavy atom. The molecule has 4 aromatic carbocycles. The van der Waals surface area contributed by atoms with Gasteiger partial charge in [-0.3, -0.25) is 9.69 Å². The van der Waals surface area contributed by atoms with Crippen molar-refractivity contribution < 1.29 is 38.4 Å². The van der Waals surface area contributed by atoms with E-state index < -0.39 is 29.9 Å². The normalized spacial score (nSPS) is 21.7. The highest BCUT2D eigenvalue weighted by molar-refractivity contribution is 5.83. The lowest BCUT2D eigenvalue weighted by atomic mass is 9.89. The van der Waals surface area contributed by atoms with Crippen LogP contribution in [0.5, 0.6) is 0 Å². The smallest absolute Gasteiger partial charge is 0.328 e. The second-order valence-electron chi connectivity index (χ2n) is 15.9. The average Bonchev–Trinajstić information content (AvgIpc) is 3.69. The van der Waals surface area contributed by atoms with Gasteiger partial charge in [-0.1, -0.05) is 104 Å². The Hall–Kier alpha value is -5.07. The predicted molar refractivity (Wildman–Crippen MR) is 217 cm³/mol. The number of benzene rings is 4. The monoisotopic (exact) mass is 777 g/mol. The van der Waals surface area contributed by atoms with Crippen LogP contribution >= 0.6 is 0 Å². The Morgan fingerprint density at radius 2 is 1.56 bits per heavy atom. The molecule has 2 saturated heterocycles. The molecule has 11 nitrogen and oxygen atoms in total. The van der Waals surface area contributed by atoms with Gasteiger partial charge in [-0.25, -0.2) is 9.59 Å². The van der Waals surface area contributed by atoms with Crippen molar-refractivity contribution in [3.05, 3.63) is 131 Å². The van der Waals surface area contributed by atoms with E-state index in [4.69, 9.17) is 18.9 Å². The molecule has 11 heteroatoms. The number of aliphatic hydroxyl groups is 1. The van der Waals surface area contributed by atoms with Crippen molar-refractivity contribution in [2.45, 2.75) is 96.3 Å². The topological polar surface area (TPSA) is 136 Å². The van der Waals surface area contributed by atoms with E-state index in [0.29, 0.717) is 13.0 Å². The minimum absolute atomic E-state index is 0.0333. The molecule has 2 aliphatic rings. The maximum absolute atomic E-state index is 13.2. The first-order valence-electron chi connectivity index (χ1n) is 19.7. The Labute approximate surface area is 335 Å². The molecule has 0 unspecified atom stereocenters. The van der Waals surface area contributed by atoms with E-state index in [-0.39, 0.29) is 43.3 Å². The molecule has 3 N–H and O–H groups in total. The summed E-state index contributed by atoms with van der Waals surface area (Å²) < 4.78 is 24.2. The number of urea groups is 1. The molecule has 2 fully saturated rings. The van der Waals surface area contributed by atoms with Crippen LogP contribution in [0.1, 0.15) is 80.7 Å². The van der Waals surface area contributed by atoms with Crippen LogP contribution in [-0.4, -0.2) is 72.0 Å². The highest BCUT2D eigenvalue weighted by Gasteiger charge is 2.42. The summed E-state index contributed by atoms with van der Waals surface area (Å²) in [6, 6.07) is 31.7. The summed E-state index contributed by atoms with van der Waals surface area (Å²) in [6.07, 6.45) is 0.790. The molecule has 57 heavy (non-hydrogen) atoms. The molecule has 2 aliphatic heterocycles. The maximum atomic E-state index is 13.2. The number of hydrogen-bond donors (Lipinski definition) is 3. The van der Waals surface area contributed by atoms with Crippen molar-refractivity contribution in [3.8, 4) is 11.1 Å². The maximum Gasteiger partial charge on any atom is 0.328 e. The number of nitrogens with one attached hydrogen (secondary N) is 2. The summed E-state index contributed by atoms with van der Waals surface area (Å²) >= 11 is 0. The van der Waals surface area contributed by atoms with E-state index in [1.165, 1.54) is 7.11 Å². The third kappa shape index (κ3) is 11.1. The minimum Gasteiger partial charge on any atom is -0.467 e. The van der Waals surface area contributed by atoms with Gasteiger partial charge < -0.3 is 34.7 Å². The lowest BCUT2D eigenvalue weighted by Gasteiger charge is -2.43. The van der Waals surface area contributed by atoms with Crippen LogP contribution in [0.15, 0.2) is 103 Å². The molecule has 2 heterocycles. The second-order valence-corrected chi connectivity index (χ2v) is 15.9. The van der Waals surface area contributed by atoms with Gasteiger partial charge in [0.15, 0.2) is 6.29 Å². The molecular formula is C46H55N3O8. The fraction of sp³-hybridized carbons (Fsp3) is 0.413. The molecule has 0 radical (unpaired) electrons. The van der Waals surface area contributed by atoms with E-state index in [1.807, 2.05) is 124 Å². The van der Waals surface area contributed by atoms with Gasteiger partial charge in [0.25, 0.3) is 0 Å². The number of methoxy groups -OCH3 is 1. The van der Waals surface area contributed by atoms with Crippen molar-refractivity contribution in [1.82, 2.24) is 15.5 Å². The highest BCUT2D eigenvalue weighted by atomic mass is 16.7. The van der Waals surface area contributed by atoms with Gasteiger partial charge in [0.1, 0.15) is 17.7 Å². The molecule has 0 aliphatic carbocycles. The number of esters is 2. The minimum atomic E-state index is -0.825. The molecule has 0 aromatic heterocycles. The van der Waals surface area contributed by atoms with Crippen LogP contribution in [0, 0.1) is 5.92 Å². The summed E-state index contributed by atoms with van der Waals surface area (Å²) in [4.78, 5) is 40.7. The molecule has 0 bridgehead atoms. The van der Waals surface area contributed by atoms with Crippen LogP contribution in [0.3, 0.4) is 0 Å². The molecular weight excluding hydrogens is 723 g/mol. The zero-order chi connectivity index (χ0) is 40.5. The molecule has 6 atom stereocenters. The van der Waals surface area contributed by atoms with E-state index >= 15 is 0 Å². The predicted octanol–water partition coefficient (Wildman–Crippen LogP) is 7.03. The first-order valence-corrected chi connectivity index (χ1v) is 19.7. The summed E-state index contributed by atoms with van der Waals surface area (Å²) in [7, 11) is 1.31. The van der Waals surface area contributed by atoms with E-state index in [1.54, 1.807) is 0 Å². The summed E-state index contributed by atoms with van der Waals surface area (Å²) in [5.74, 6) is -0.745. The standard InChI is InChI=1S/C46H55N3O8/c1-30-40(28-49-24-10-15-39(49)43(52)57-46(2,3)4)55-44(56-41(30)35-18-16-32(29-50)17-19-35)36-22-20-34(21-23-36)37-14-9-13-33(25-37)27-47-45(53)48-38(42(51)54-5)26-31-11-7-6-8-12-31/h6-9,11-14,16-23,25,30,38-41,44,50H,10,15,24,26-29H2,1-5H3,(H2,47,48,53)/t30-,38+,39+,40+,41+,44+/m1/s1. The fourth-order valence-electron chi connectivity index (χ4n) is 7.51. The van der Waals surface area contributed by atoms with E-state index in [0.717, 1.165) is 58.3 Å². The molecule has 4 aromatic rings. The SMILES string of the molecule is COC(=O)[C@H](Cc1ccccc1)NC(=O)NCc1cccc(-c2ccc([C@H]3O[C@@H](CN4CCC[C@H]4C(=O)OC(C)(C)C)[C@@H](C)[C@@H](c4ccc(CO)cc4)O3)cc2)c1. The number of hydrogen-bond acceptors (Lipinski definition) is 9. The zero-order valence-electron chi connectivity index (χ0n) is 33.5. The zero-order valence-corrected chi connectivity index (χ0v) is 33.5. The van der Waals surface area contributed by atoms with Crippen LogP contribution < -0.4 is 10.6 Å². The number of aliphatic hydroxyl groups excluding tert-OH is 1. The van der Waals surface area contributed by atoms with E-state index in [9.17, 15) is 19.5 Å². The van der Waals surface area contributed by atoms with Gasteiger partial charge in [-0.05, 0) is 79.6 Å². The number of likely N-dealkylation sites (tertiary alicyclic amines) is 1. The number of ether oxygens (including phenoxy) is 4. The Morgan fingerprint density at radius 3 is 2.25 bits per heavy atom. The fourth-order valence-corrected chi connectivity index (χ4v) is 7.51. The number of nitrogens with zero attached hydrogens (tertiary/aromatic N) is 1. The van der Waals surface area contributed by atoms with Crippen molar-refractivity contribution in [1.29, 1.82) is 0 Å². The lowest BCUT2D eigenvalue weighted by molar-refractivity contribution is -0.276. The van der Waals surface area contributed by atoms with Crippen LogP contribution in [-0.2, 0) is 48.1 Å². The number of carbonyl (C=O) groups is 3.